The van der Waals surface area contributed by atoms with Crippen LogP contribution in [0.5, 0.6) is 0 Å². The van der Waals surface area contributed by atoms with Gasteiger partial charge in [0, 0.05) is 6.42 Å². The molecule has 0 heterocycles. The van der Waals surface area contributed by atoms with Gasteiger partial charge in [-0.1, -0.05) is 27.2 Å². The van der Waals surface area contributed by atoms with Crippen LogP contribution in [0.4, 0.5) is 0 Å². The second-order valence-electron chi connectivity index (χ2n) is 4.21. The van der Waals surface area contributed by atoms with Crippen molar-refractivity contribution in [2.75, 3.05) is 6.61 Å². The molecule has 4 nitrogen and oxygen atoms in total. The third kappa shape index (κ3) is 4.91. The Morgan fingerprint density at radius 3 is 2.21 bits per heavy atom. The number of hydrogen-bond donors (Lipinski definition) is 2. The first-order valence-electron chi connectivity index (χ1n) is 5.19. The van der Waals surface area contributed by atoms with Gasteiger partial charge in [0.15, 0.2) is 0 Å². The highest BCUT2D eigenvalue weighted by molar-refractivity contribution is 4.80. The fourth-order valence-electron chi connectivity index (χ4n) is 1.89. The zero-order valence-corrected chi connectivity index (χ0v) is 9.32. The monoisotopic (exact) mass is 206 g/mol. The summed E-state index contributed by atoms with van der Waals surface area (Å²) < 4.78 is 0. The van der Waals surface area contributed by atoms with Crippen LogP contribution in [0.2, 0.25) is 0 Å². The molecular formula is C10H22O4. The van der Waals surface area contributed by atoms with Crippen molar-refractivity contribution < 1.29 is 20.3 Å². The highest BCUT2D eigenvalue weighted by atomic mass is 17.1. The average Bonchev–Trinajstić information content (AvgIpc) is 2.14. The molecule has 0 aliphatic heterocycles. The minimum Gasteiger partial charge on any atom is -0.252 e. The average molecular weight is 206 g/mol. The fraction of sp³-hybridized carbons (Fsp3) is 1.00. The Morgan fingerprint density at radius 1 is 1.21 bits per heavy atom. The van der Waals surface area contributed by atoms with E-state index >= 15 is 0 Å². The molecule has 0 rings (SSSR count). The lowest BCUT2D eigenvalue weighted by molar-refractivity contribution is -0.340. The first-order valence-corrected chi connectivity index (χ1v) is 5.19. The van der Waals surface area contributed by atoms with Gasteiger partial charge in [0.25, 0.3) is 0 Å². The molecule has 86 valence electrons. The van der Waals surface area contributed by atoms with E-state index < -0.39 is 5.60 Å². The molecule has 0 saturated carbocycles. The lowest BCUT2D eigenvalue weighted by atomic mass is 9.86. The number of hydrogen-bond acceptors (Lipinski definition) is 4. The first-order chi connectivity index (χ1) is 6.60. The smallest absolute Gasteiger partial charge is 0.106 e. The molecule has 0 fully saturated rings. The third-order valence-electron chi connectivity index (χ3n) is 2.33. The second-order valence-corrected chi connectivity index (χ2v) is 4.21. The highest BCUT2D eigenvalue weighted by Crippen LogP contribution is 2.29. The quantitative estimate of drug-likeness (QED) is 0.473. The number of rotatable bonds is 8. The third-order valence-corrected chi connectivity index (χ3v) is 2.33. The highest BCUT2D eigenvalue weighted by Gasteiger charge is 2.31. The maximum atomic E-state index is 8.95. The van der Waals surface area contributed by atoms with Crippen LogP contribution in [0.15, 0.2) is 0 Å². The topological polar surface area (TPSA) is 58.9 Å². The predicted octanol–water partition coefficient (Wildman–Crippen LogP) is 2.94. The zero-order chi connectivity index (χ0) is 11.0. The zero-order valence-electron chi connectivity index (χ0n) is 9.32. The van der Waals surface area contributed by atoms with Crippen molar-refractivity contribution in [3.05, 3.63) is 0 Å². The maximum absolute atomic E-state index is 8.95. The molecule has 2 N–H and O–H groups in total. The summed E-state index contributed by atoms with van der Waals surface area (Å²) in [6, 6.07) is 0. The van der Waals surface area contributed by atoms with Crippen molar-refractivity contribution in [3.8, 4) is 0 Å². The van der Waals surface area contributed by atoms with Crippen molar-refractivity contribution in [1.29, 1.82) is 0 Å². The van der Waals surface area contributed by atoms with Crippen molar-refractivity contribution in [1.82, 2.24) is 0 Å². The molecule has 4 heteroatoms. The fourth-order valence-corrected chi connectivity index (χ4v) is 1.89. The molecule has 0 amide bonds. The van der Waals surface area contributed by atoms with Gasteiger partial charge < -0.3 is 0 Å². The van der Waals surface area contributed by atoms with Crippen molar-refractivity contribution in [2.24, 2.45) is 5.92 Å². The summed E-state index contributed by atoms with van der Waals surface area (Å²) in [5, 5.41) is 17.2. The summed E-state index contributed by atoms with van der Waals surface area (Å²) in [6.45, 7) is 6.37. The molecular weight excluding hydrogens is 184 g/mol. The Kier molecular flexibility index (Phi) is 7.09. The van der Waals surface area contributed by atoms with Crippen LogP contribution in [0.25, 0.3) is 0 Å². The molecule has 1 unspecified atom stereocenters. The van der Waals surface area contributed by atoms with Gasteiger partial charge in [0.2, 0.25) is 0 Å². The largest absolute Gasteiger partial charge is 0.252 e. The van der Waals surface area contributed by atoms with Crippen molar-refractivity contribution in [2.45, 2.75) is 52.1 Å². The van der Waals surface area contributed by atoms with E-state index in [0.29, 0.717) is 12.3 Å². The van der Waals surface area contributed by atoms with Gasteiger partial charge in [-0.15, -0.1) is 0 Å². The summed E-state index contributed by atoms with van der Waals surface area (Å²) in [5.41, 5.74) is -0.564. The summed E-state index contributed by atoms with van der Waals surface area (Å²) >= 11 is 0. The van der Waals surface area contributed by atoms with E-state index in [-0.39, 0.29) is 6.61 Å². The molecule has 0 radical (unpaired) electrons. The van der Waals surface area contributed by atoms with Crippen LogP contribution in [0.3, 0.4) is 0 Å². The van der Waals surface area contributed by atoms with E-state index in [2.05, 4.69) is 23.6 Å². The minimum absolute atomic E-state index is 0.188. The van der Waals surface area contributed by atoms with Crippen LogP contribution in [-0.4, -0.2) is 22.7 Å². The van der Waals surface area contributed by atoms with Crippen LogP contribution in [0, 0.1) is 5.92 Å². The van der Waals surface area contributed by atoms with E-state index in [1.165, 1.54) is 0 Å². The molecule has 0 aliphatic rings. The molecule has 0 bridgehead atoms. The van der Waals surface area contributed by atoms with Crippen LogP contribution < -0.4 is 0 Å². The Labute approximate surface area is 85.7 Å². The van der Waals surface area contributed by atoms with Crippen molar-refractivity contribution in [3.63, 3.8) is 0 Å². The SMILES string of the molecule is CCCC(CCOO)(CC(C)C)OO. The molecule has 1 atom stereocenters. The van der Waals surface area contributed by atoms with Gasteiger partial charge in [0.05, 0.1) is 6.61 Å². The Hall–Kier alpha value is -0.160. The standard InChI is InChI=1S/C10H22O4/c1-4-5-10(14-12,6-7-13-11)8-9(2)3/h9,11-12H,4-8H2,1-3H3. The minimum atomic E-state index is -0.564. The van der Waals surface area contributed by atoms with E-state index in [0.717, 1.165) is 19.3 Å². The van der Waals surface area contributed by atoms with Gasteiger partial charge in [-0.2, -0.15) is 0 Å². The Balaban J connectivity index is 4.26. The molecule has 0 spiro atoms. The second kappa shape index (κ2) is 7.17. The first kappa shape index (κ1) is 13.8. The summed E-state index contributed by atoms with van der Waals surface area (Å²) in [5.74, 6) is 0.437. The van der Waals surface area contributed by atoms with Gasteiger partial charge >= 0.3 is 0 Å². The van der Waals surface area contributed by atoms with Crippen molar-refractivity contribution >= 4 is 0 Å². The van der Waals surface area contributed by atoms with E-state index in [1.807, 2.05) is 6.92 Å². The maximum Gasteiger partial charge on any atom is 0.106 e. The van der Waals surface area contributed by atoms with Crippen LogP contribution in [0.1, 0.15) is 46.5 Å². The molecule has 0 saturated heterocycles. The molecule has 0 aromatic heterocycles. The lowest BCUT2D eigenvalue weighted by Gasteiger charge is -2.31. The van der Waals surface area contributed by atoms with Gasteiger partial charge in [-0.25, -0.2) is 9.78 Å². The summed E-state index contributed by atoms with van der Waals surface area (Å²) in [6.07, 6.45) is 2.97. The lowest BCUT2D eigenvalue weighted by Crippen LogP contribution is -2.34. The Bertz CT molecular complexity index is 138. The molecule has 14 heavy (non-hydrogen) atoms. The van der Waals surface area contributed by atoms with Crippen LogP contribution in [-0.2, 0) is 9.78 Å². The van der Waals surface area contributed by atoms with Crippen LogP contribution >= 0.6 is 0 Å². The van der Waals surface area contributed by atoms with E-state index in [1.54, 1.807) is 0 Å². The molecule has 0 aliphatic carbocycles. The van der Waals surface area contributed by atoms with Gasteiger partial charge in [0.1, 0.15) is 5.60 Å². The van der Waals surface area contributed by atoms with Gasteiger partial charge in [-0.05, 0) is 18.8 Å². The van der Waals surface area contributed by atoms with Gasteiger partial charge in [-0.3, -0.25) is 10.5 Å². The molecule has 0 aromatic carbocycles. The van der Waals surface area contributed by atoms with E-state index in [4.69, 9.17) is 10.5 Å². The van der Waals surface area contributed by atoms with E-state index in [9.17, 15) is 0 Å². The predicted molar refractivity (Wildman–Crippen MR) is 54.0 cm³/mol. The Morgan fingerprint density at radius 2 is 1.86 bits per heavy atom. The summed E-state index contributed by atoms with van der Waals surface area (Å²) in [4.78, 5) is 8.64. The normalized spacial score (nSPS) is 15.9. The molecule has 0 aromatic rings. The summed E-state index contributed by atoms with van der Waals surface area (Å²) in [7, 11) is 0.